The molecule has 2 heterocycles. The van der Waals surface area contributed by atoms with Gasteiger partial charge in [-0.25, -0.2) is 9.36 Å². The minimum Gasteiger partial charge on any atom is -0.352 e. The lowest BCUT2D eigenvalue weighted by Crippen LogP contribution is -2.36. The molecule has 0 aliphatic carbocycles. The Morgan fingerprint density at radius 1 is 0.969 bits per heavy atom. The van der Waals surface area contributed by atoms with Gasteiger partial charge in [-0.2, -0.15) is 10.2 Å². The van der Waals surface area contributed by atoms with Gasteiger partial charge < -0.3 is 10.6 Å². The summed E-state index contributed by atoms with van der Waals surface area (Å²) in [6.45, 7) is 5.38. The van der Waals surface area contributed by atoms with Crippen molar-refractivity contribution in [3.63, 3.8) is 0 Å². The van der Waals surface area contributed by atoms with Gasteiger partial charge in [0.1, 0.15) is 0 Å². The molecule has 0 spiro atoms. The molecule has 2 aromatic heterocycles. The fourth-order valence-electron chi connectivity index (χ4n) is 3.56. The summed E-state index contributed by atoms with van der Waals surface area (Å²) < 4.78 is 3.84. The minimum absolute atomic E-state index is 0. The number of para-hydroxylation sites is 1. The van der Waals surface area contributed by atoms with Gasteiger partial charge >= 0.3 is 0 Å². The van der Waals surface area contributed by atoms with Crippen LogP contribution in [-0.2, 0) is 13.1 Å². The second-order valence-electron chi connectivity index (χ2n) is 7.37. The van der Waals surface area contributed by atoms with Crippen LogP contribution in [0.1, 0.15) is 22.5 Å². The smallest absolute Gasteiger partial charge is 0.191 e. The maximum atomic E-state index is 4.63. The van der Waals surface area contributed by atoms with Gasteiger partial charge in [0.05, 0.1) is 17.1 Å². The van der Waals surface area contributed by atoms with E-state index >= 15 is 0 Å². The number of nitrogens with one attached hydrogen (secondary N) is 2. The van der Waals surface area contributed by atoms with Gasteiger partial charge in [-0.15, -0.1) is 24.0 Å². The van der Waals surface area contributed by atoms with Crippen LogP contribution in [0.2, 0.25) is 0 Å². The fourth-order valence-corrected chi connectivity index (χ4v) is 3.56. The van der Waals surface area contributed by atoms with E-state index < -0.39 is 0 Å². The Bertz CT molecular complexity index is 1180. The number of hydrogen-bond donors (Lipinski definition) is 2. The number of halogens is 1. The molecule has 2 N–H and O–H groups in total. The zero-order chi connectivity index (χ0) is 21.6. The predicted molar refractivity (Wildman–Crippen MR) is 139 cm³/mol. The van der Waals surface area contributed by atoms with Crippen LogP contribution in [0.5, 0.6) is 0 Å². The third-order valence-corrected chi connectivity index (χ3v) is 5.04. The van der Waals surface area contributed by atoms with Gasteiger partial charge in [-0.1, -0.05) is 30.3 Å². The van der Waals surface area contributed by atoms with Gasteiger partial charge in [-0.3, -0.25) is 4.99 Å². The Morgan fingerprint density at radius 2 is 1.78 bits per heavy atom. The highest BCUT2D eigenvalue weighted by Gasteiger charge is 2.09. The predicted octanol–water partition coefficient (Wildman–Crippen LogP) is 4.16. The zero-order valence-corrected chi connectivity index (χ0v) is 20.8. The number of rotatable bonds is 6. The number of nitrogens with zero attached hydrogens (tertiary/aromatic N) is 5. The summed E-state index contributed by atoms with van der Waals surface area (Å²) in [6.07, 6.45) is 3.72. The fraction of sp³-hybridized carbons (Fsp3) is 0.208. The molecular formula is C24H28IN7. The van der Waals surface area contributed by atoms with Crippen molar-refractivity contribution in [1.29, 1.82) is 0 Å². The third-order valence-electron chi connectivity index (χ3n) is 5.04. The zero-order valence-electron chi connectivity index (χ0n) is 18.5. The molecule has 0 radical (unpaired) electrons. The first-order valence-electron chi connectivity index (χ1n) is 10.3. The molecule has 7 nitrogen and oxygen atoms in total. The van der Waals surface area contributed by atoms with E-state index in [1.165, 1.54) is 0 Å². The molecular weight excluding hydrogens is 513 g/mol. The van der Waals surface area contributed by atoms with Gasteiger partial charge in [0.2, 0.25) is 0 Å². The highest BCUT2D eigenvalue weighted by molar-refractivity contribution is 14.0. The highest BCUT2D eigenvalue weighted by atomic mass is 127. The average molecular weight is 541 g/mol. The second kappa shape index (κ2) is 10.9. The molecule has 4 rings (SSSR count). The Kier molecular flexibility index (Phi) is 8.04. The van der Waals surface area contributed by atoms with Gasteiger partial charge in [-0.05, 0) is 55.3 Å². The molecule has 0 atom stereocenters. The van der Waals surface area contributed by atoms with Crippen LogP contribution >= 0.6 is 24.0 Å². The Morgan fingerprint density at radius 3 is 2.50 bits per heavy atom. The molecule has 32 heavy (non-hydrogen) atoms. The maximum Gasteiger partial charge on any atom is 0.191 e. The monoisotopic (exact) mass is 541 g/mol. The summed E-state index contributed by atoms with van der Waals surface area (Å²) in [5, 5.41) is 15.7. The molecule has 0 amide bonds. The van der Waals surface area contributed by atoms with E-state index in [4.69, 9.17) is 0 Å². The molecule has 0 aliphatic rings. The van der Waals surface area contributed by atoms with E-state index in [0.717, 1.165) is 39.8 Å². The minimum atomic E-state index is 0. The van der Waals surface area contributed by atoms with E-state index in [-0.39, 0.29) is 24.0 Å². The van der Waals surface area contributed by atoms with Crippen LogP contribution in [0, 0.1) is 13.8 Å². The van der Waals surface area contributed by atoms with E-state index in [0.29, 0.717) is 13.1 Å². The first kappa shape index (κ1) is 23.5. The van der Waals surface area contributed by atoms with Crippen LogP contribution in [0.3, 0.4) is 0 Å². The molecule has 2 aromatic carbocycles. The molecule has 0 saturated carbocycles. The van der Waals surface area contributed by atoms with Crippen molar-refractivity contribution in [1.82, 2.24) is 30.2 Å². The second-order valence-corrected chi connectivity index (χ2v) is 7.37. The summed E-state index contributed by atoms with van der Waals surface area (Å²) in [5.74, 6) is 0.743. The van der Waals surface area contributed by atoms with E-state index in [2.05, 4.69) is 63.1 Å². The lowest BCUT2D eigenvalue weighted by Gasteiger charge is -2.15. The van der Waals surface area contributed by atoms with E-state index in [9.17, 15) is 0 Å². The van der Waals surface area contributed by atoms with Gasteiger partial charge in [0, 0.05) is 38.2 Å². The SMILES string of the molecule is CN=C(NCc1cccc(-n2cccn2)c1)NCc1ccccc1-n1nc(C)cc1C.I. The van der Waals surface area contributed by atoms with Crippen molar-refractivity contribution >= 4 is 29.9 Å². The van der Waals surface area contributed by atoms with Crippen molar-refractivity contribution < 1.29 is 0 Å². The molecule has 4 aromatic rings. The van der Waals surface area contributed by atoms with Gasteiger partial charge in [0.15, 0.2) is 5.96 Å². The quantitative estimate of drug-likeness (QED) is 0.219. The molecule has 0 unspecified atom stereocenters. The lowest BCUT2D eigenvalue weighted by molar-refractivity contribution is 0.780. The number of aliphatic imine (C=N–C) groups is 1. The Balaban J connectivity index is 0.00000289. The largest absolute Gasteiger partial charge is 0.352 e. The summed E-state index contributed by atoms with van der Waals surface area (Å²) in [6, 6.07) is 20.6. The Hall–Kier alpha value is -3.14. The summed E-state index contributed by atoms with van der Waals surface area (Å²) in [5.41, 5.74) is 6.53. The van der Waals surface area contributed by atoms with Crippen molar-refractivity contribution in [2.75, 3.05) is 7.05 Å². The summed E-state index contributed by atoms with van der Waals surface area (Å²) in [4.78, 5) is 4.37. The van der Waals surface area contributed by atoms with Crippen molar-refractivity contribution in [2.24, 2.45) is 4.99 Å². The van der Waals surface area contributed by atoms with Crippen LogP contribution in [0.4, 0.5) is 0 Å². The first-order valence-corrected chi connectivity index (χ1v) is 10.3. The van der Waals surface area contributed by atoms with E-state index in [1.807, 2.05) is 52.8 Å². The number of benzene rings is 2. The molecule has 0 bridgehead atoms. The average Bonchev–Trinajstić information content (AvgIpc) is 3.44. The van der Waals surface area contributed by atoms with Crippen LogP contribution in [0.25, 0.3) is 11.4 Å². The van der Waals surface area contributed by atoms with Crippen molar-refractivity contribution in [3.8, 4) is 11.4 Å². The number of guanidine groups is 1. The number of aromatic nitrogens is 4. The first-order chi connectivity index (χ1) is 15.1. The molecule has 8 heteroatoms. The number of aryl methyl sites for hydroxylation is 2. The van der Waals surface area contributed by atoms with Crippen LogP contribution < -0.4 is 10.6 Å². The van der Waals surface area contributed by atoms with Crippen molar-refractivity contribution in [2.45, 2.75) is 26.9 Å². The molecule has 0 fully saturated rings. The molecule has 166 valence electrons. The topological polar surface area (TPSA) is 72.1 Å². The van der Waals surface area contributed by atoms with E-state index in [1.54, 1.807) is 13.2 Å². The highest BCUT2D eigenvalue weighted by Crippen LogP contribution is 2.17. The van der Waals surface area contributed by atoms with Crippen molar-refractivity contribution in [3.05, 3.63) is 95.6 Å². The summed E-state index contributed by atoms with van der Waals surface area (Å²) >= 11 is 0. The Labute approximate surface area is 205 Å². The summed E-state index contributed by atoms with van der Waals surface area (Å²) in [7, 11) is 1.78. The number of hydrogen-bond acceptors (Lipinski definition) is 3. The lowest BCUT2D eigenvalue weighted by atomic mass is 10.1. The van der Waals surface area contributed by atoms with Gasteiger partial charge in [0.25, 0.3) is 0 Å². The molecule has 0 aliphatic heterocycles. The third kappa shape index (κ3) is 5.56. The normalized spacial score (nSPS) is 11.2. The van der Waals surface area contributed by atoms with Crippen LogP contribution in [-0.4, -0.2) is 32.6 Å². The standard InChI is InChI=1S/C24H27N7.HI/c1-18-14-19(2)31(29-18)23-11-5-4-9-21(23)17-27-24(25-3)26-16-20-8-6-10-22(15-20)30-13-7-12-28-30;/h4-15H,16-17H2,1-3H3,(H2,25,26,27);1H. The van der Waals surface area contributed by atoms with Crippen LogP contribution in [0.15, 0.2) is 78.0 Å². The maximum absolute atomic E-state index is 4.63. The molecule has 0 saturated heterocycles.